The molecule has 2 unspecified atom stereocenters. The molecule has 2 fully saturated rings. The molecule has 2 saturated heterocycles. The quantitative estimate of drug-likeness (QED) is 0.727. The molecule has 0 aromatic heterocycles. The molecular weight excluding hydrogens is 216 g/mol. The van der Waals surface area contributed by atoms with Crippen molar-refractivity contribution in [1.29, 1.82) is 5.53 Å². The van der Waals surface area contributed by atoms with Crippen LogP contribution in [0.15, 0.2) is 17.4 Å². The van der Waals surface area contributed by atoms with Gasteiger partial charge in [0.1, 0.15) is 0 Å². The van der Waals surface area contributed by atoms with E-state index in [2.05, 4.69) is 16.6 Å². The molecule has 0 aromatic carbocycles. The first-order valence-electron chi connectivity index (χ1n) is 6.49. The van der Waals surface area contributed by atoms with E-state index < -0.39 is 6.17 Å². The molecule has 96 valence electrons. The molecule has 0 radical (unpaired) electrons. The van der Waals surface area contributed by atoms with Gasteiger partial charge in [-0.3, -0.25) is 5.21 Å². The van der Waals surface area contributed by atoms with Gasteiger partial charge >= 0.3 is 0 Å². The topological polar surface area (TPSA) is 62.9 Å². The van der Waals surface area contributed by atoms with Crippen LogP contribution in [0.2, 0.25) is 0 Å². The van der Waals surface area contributed by atoms with Crippen molar-refractivity contribution in [2.24, 2.45) is 5.11 Å². The second-order valence-corrected chi connectivity index (χ2v) is 5.05. The van der Waals surface area contributed by atoms with Crippen LogP contribution in [0.3, 0.4) is 0 Å². The van der Waals surface area contributed by atoms with Crippen molar-refractivity contribution >= 4 is 0 Å². The van der Waals surface area contributed by atoms with Crippen molar-refractivity contribution in [3.63, 3.8) is 0 Å². The maximum Gasteiger partial charge on any atom is 0.167 e. The fraction of sp³-hybridized carbons (Fsp3) is 0.833. The Morgan fingerprint density at radius 1 is 1.29 bits per heavy atom. The Balaban J connectivity index is 2.02. The lowest BCUT2D eigenvalue weighted by molar-refractivity contribution is -0.0962. The van der Waals surface area contributed by atoms with Gasteiger partial charge in [-0.15, -0.1) is 0 Å². The van der Waals surface area contributed by atoms with Crippen LogP contribution < -0.4 is 0 Å². The van der Waals surface area contributed by atoms with Gasteiger partial charge in [0.2, 0.25) is 0 Å². The first kappa shape index (κ1) is 12.5. The number of nitrogens with zero attached hydrogens (tertiary/aromatic N) is 3. The summed E-state index contributed by atoms with van der Waals surface area (Å²) < 4.78 is 0. The van der Waals surface area contributed by atoms with E-state index >= 15 is 0 Å². The van der Waals surface area contributed by atoms with E-state index in [4.69, 9.17) is 5.53 Å². The monoisotopic (exact) mass is 238 g/mol. The van der Waals surface area contributed by atoms with E-state index in [1.54, 1.807) is 0 Å². The predicted octanol–water partition coefficient (Wildman–Crippen LogP) is 2.59. The highest BCUT2D eigenvalue weighted by Gasteiger charge is 2.30. The van der Waals surface area contributed by atoms with Crippen LogP contribution in [0.1, 0.15) is 38.5 Å². The van der Waals surface area contributed by atoms with Crippen LogP contribution >= 0.6 is 0 Å². The summed E-state index contributed by atoms with van der Waals surface area (Å²) in [7, 11) is 0. The van der Waals surface area contributed by atoms with Gasteiger partial charge in [0.15, 0.2) is 6.17 Å². The van der Waals surface area contributed by atoms with E-state index in [-0.39, 0.29) is 0 Å². The molecule has 17 heavy (non-hydrogen) atoms. The molecule has 0 aliphatic carbocycles. The standard InChI is InChI=1S/C12H22N4O/c1-10-5-6-11(9-12(14-13)16(10)17)15-7-3-2-4-8-15/h11-13,17H,1-9H2. The van der Waals surface area contributed by atoms with E-state index in [1.807, 2.05) is 0 Å². The first-order chi connectivity index (χ1) is 8.22. The van der Waals surface area contributed by atoms with Crippen LogP contribution in [-0.2, 0) is 0 Å². The van der Waals surface area contributed by atoms with E-state index in [9.17, 15) is 5.21 Å². The SMILES string of the molecule is C=C1CCC(N2CCCCC2)CC(N=N)N1O. The molecule has 0 saturated carbocycles. The van der Waals surface area contributed by atoms with Crippen molar-refractivity contribution in [2.45, 2.75) is 50.7 Å². The minimum absolute atomic E-state index is 0.434. The average Bonchev–Trinajstić information content (AvgIpc) is 2.52. The molecule has 0 spiro atoms. The maximum atomic E-state index is 9.84. The van der Waals surface area contributed by atoms with Crippen LogP contribution in [-0.4, -0.2) is 40.5 Å². The minimum atomic E-state index is -0.447. The molecule has 2 rings (SSSR count). The summed E-state index contributed by atoms with van der Waals surface area (Å²) >= 11 is 0. The summed E-state index contributed by atoms with van der Waals surface area (Å²) in [5.41, 5.74) is 7.87. The van der Waals surface area contributed by atoms with Gasteiger partial charge in [0.25, 0.3) is 0 Å². The van der Waals surface area contributed by atoms with E-state index in [1.165, 1.54) is 19.3 Å². The molecular formula is C12H22N4O. The summed E-state index contributed by atoms with van der Waals surface area (Å²) in [6.45, 7) is 6.14. The fourth-order valence-corrected chi connectivity index (χ4v) is 2.84. The highest BCUT2D eigenvalue weighted by Crippen LogP contribution is 2.27. The predicted molar refractivity (Wildman–Crippen MR) is 64.8 cm³/mol. The Kier molecular flexibility index (Phi) is 4.12. The Hall–Kier alpha value is -0.940. The lowest BCUT2D eigenvalue weighted by Gasteiger charge is -2.34. The van der Waals surface area contributed by atoms with Crippen LogP contribution in [0.4, 0.5) is 0 Å². The number of nitrogens with one attached hydrogen (secondary N) is 1. The number of hydroxylamine groups is 2. The summed E-state index contributed by atoms with van der Waals surface area (Å²) in [5.74, 6) is 0. The molecule has 2 N–H and O–H groups in total. The minimum Gasteiger partial charge on any atom is -0.300 e. The van der Waals surface area contributed by atoms with Crippen molar-refractivity contribution in [3.8, 4) is 0 Å². The molecule has 2 aliphatic rings. The Labute approximate surface area is 103 Å². The van der Waals surface area contributed by atoms with Crippen LogP contribution in [0.5, 0.6) is 0 Å². The van der Waals surface area contributed by atoms with Gasteiger partial charge in [-0.05, 0) is 38.8 Å². The Bertz CT molecular complexity index is 288. The second kappa shape index (κ2) is 5.60. The zero-order chi connectivity index (χ0) is 12.3. The third-order valence-corrected chi connectivity index (χ3v) is 3.91. The molecule has 0 aromatic rings. The summed E-state index contributed by atoms with van der Waals surface area (Å²) in [5, 5.41) is 14.4. The maximum absolute atomic E-state index is 9.84. The van der Waals surface area contributed by atoms with Crippen molar-refractivity contribution in [1.82, 2.24) is 9.96 Å². The number of hydrogen-bond acceptors (Lipinski definition) is 5. The molecule has 2 atom stereocenters. The lowest BCUT2D eigenvalue weighted by Crippen LogP contribution is -2.41. The normalized spacial score (nSPS) is 32.3. The summed E-state index contributed by atoms with van der Waals surface area (Å²) in [6.07, 6.45) is 5.96. The zero-order valence-electron chi connectivity index (χ0n) is 10.3. The Morgan fingerprint density at radius 3 is 2.65 bits per heavy atom. The van der Waals surface area contributed by atoms with Gasteiger partial charge in [-0.25, -0.2) is 10.6 Å². The zero-order valence-corrected chi connectivity index (χ0v) is 10.3. The Morgan fingerprint density at radius 2 is 2.00 bits per heavy atom. The third-order valence-electron chi connectivity index (χ3n) is 3.91. The van der Waals surface area contributed by atoms with E-state index in [0.29, 0.717) is 11.7 Å². The van der Waals surface area contributed by atoms with E-state index in [0.717, 1.165) is 37.4 Å². The molecule has 5 heteroatoms. The third kappa shape index (κ3) is 2.84. The van der Waals surface area contributed by atoms with Crippen molar-refractivity contribution < 1.29 is 5.21 Å². The molecule has 2 aliphatic heterocycles. The largest absolute Gasteiger partial charge is 0.300 e. The van der Waals surface area contributed by atoms with Gasteiger partial charge in [-0.1, -0.05) is 13.0 Å². The summed E-state index contributed by atoms with van der Waals surface area (Å²) in [6, 6.07) is 0.434. The number of allylic oxidation sites excluding steroid dienone is 1. The lowest BCUT2D eigenvalue weighted by atomic mass is 10.0. The molecule has 0 amide bonds. The van der Waals surface area contributed by atoms with Crippen molar-refractivity contribution in [2.75, 3.05) is 13.1 Å². The van der Waals surface area contributed by atoms with Gasteiger partial charge < -0.3 is 4.90 Å². The highest BCUT2D eigenvalue weighted by molar-refractivity contribution is 4.97. The van der Waals surface area contributed by atoms with Crippen molar-refractivity contribution in [3.05, 3.63) is 12.3 Å². The second-order valence-electron chi connectivity index (χ2n) is 5.05. The van der Waals surface area contributed by atoms with Crippen LogP contribution in [0.25, 0.3) is 0 Å². The highest BCUT2D eigenvalue weighted by atomic mass is 16.5. The number of piperidine rings is 1. The van der Waals surface area contributed by atoms with Gasteiger partial charge in [0.05, 0.1) is 0 Å². The summed E-state index contributed by atoms with van der Waals surface area (Å²) in [4.78, 5) is 2.49. The number of hydrogen-bond donors (Lipinski definition) is 2. The van der Waals surface area contributed by atoms with Gasteiger partial charge in [-0.2, -0.15) is 5.11 Å². The van der Waals surface area contributed by atoms with Gasteiger partial charge in [0, 0.05) is 18.2 Å². The molecule has 5 nitrogen and oxygen atoms in total. The molecule has 2 heterocycles. The fourth-order valence-electron chi connectivity index (χ4n) is 2.84. The molecule has 0 bridgehead atoms. The average molecular weight is 238 g/mol. The number of likely N-dealkylation sites (tertiary alicyclic amines) is 1. The van der Waals surface area contributed by atoms with Crippen LogP contribution in [0, 0.1) is 5.53 Å². The smallest absolute Gasteiger partial charge is 0.167 e. The number of rotatable bonds is 2. The first-order valence-corrected chi connectivity index (χ1v) is 6.49.